The zero-order chi connectivity index (χ0) is 12.9. The molecule has 1 saturated carbocycles. The highest BCUT2D eigenvalue weighted by atomic mass is 32.2. The first-order valence-electron chi connectivity index (χ1n) is 5.88. The van der Waals surface area contributed by atoms with Gasteiger partial charge in [0.1, 0.15) is 0 Å². The Morgan fingerprint density at radius 2 is 2.06 bits per heavy atom. The van der Waals surface area contributed by atoms with E-state index in [2.05, 4.69) is 4.72 Å². The molecule has 1 fully saturated rings. The van der Waals surface area contributed by atoms with Gasteiger partial charge < -0.3 is 4.90 Å². The minimum atomic E-state index is -3.28. The van der Waals surface area contributed by atoms with Crippen molar-refractivity contribution in [2.45, 2.75) is 24.6 Å². The van der Waals surface area contributed by atoms with Gasteiger partial charge >= 0.3 is 0 Å². The van der Waals surface area contributed by atoms with Gasteiger partial charge in [0.15, 0.2) is 0 Å². The molecule has 0 spiro atoms. The highest BCUT2D eigenvalue weighted by molar-refractivity contribution is 7.93. The molecule has 0 aromatic heterocycles. The van der Waals surface area contributed by atoms with Gasteiger partial charge in [0.05, 0.1) is 10.9 Å². The number of anilines is 1. The summed E-state index contributed by atoms with van der Waals surface area (Å²) in [4.78, 5) is 13.4. The fourth-order valence-corrected chi connectivity index (χ4v) is 3.60. The van der Waals surface area contributed by atoms with Crippen LogP contribution in [0.1, 0.15) is 28.8 Å². The van der Waals surface area contributed by atoms with Crippen LogP contribution in [-0.4, -0.2) is 31.5 Å². The van der Waals surface area contributed by atoms with E-state index >= 15 is 0 Å². The van der Waals surface area contributed by atoms with Crippen LogP contribution in [0.4, 0.5) is 5.69 Å². The van der Waals surface area contributed by atoms with Crippen LogP contribution in [0.3, 0.4) is 0 Å². The number of carbonyl (C=O) groups excluding carboxylic acids is 1. The summed E-state index contributed by atoms with van der Waals surface area (Å²) in [5, 5.41) is -0.261. The van der Waals surface area contributed by atoms with Gasteiger partial charge in [0.25, 0.3) is 5.91 Å². The molecular weight excluding hydrogens is 252 g/mol. The molecule has 0 radical (unpaired) electrons. The van der Waals surface area contributed by atoms with Gasteiger partial charge in [-0.1, -0.05) is 6.07 Å². The van der Waals surface area contributed by atoms with Crippen molar-refractivity contribution in [2.24, 2.45) is 0 Å². The number of nitrogens with one attached hydrogen (secondary N) is 1. The van der Waals surface area contributed by atoms with Crippen molar-refractivity contribution in [1.82, 2.24) is 4.90 Å². The predicted molar refractivity (Wildman–Crippen MR) is 67.8 cm³/mol. The highest BCUT2D eigenvalue weighted by Gasteiger charge is 2.37. The van der Waals surface area contributed by atoms with Crippen molar-refractivity contribution in [3.63, 3.8) is 0 Å². The highest BCUT2D eigenvalue weighted by Crippen LogP contribution is 2.33. The van der Waals surface area contributed by atoms with Gasteiger partial charge in [0, 0.05) is 24.7 Å². The largest absolute Gasteiger partial charge is 0.337 e. The van der Waals surface area contributed by atoms with E-state index in [-0.39, 0.29) is 11.2 Å². The second-order valence-corrected chi connectivity index (χ2v) is 6.80. The molecule has 96 valence electrons. The van der Waals surface area contributed by atoms with Crippen LogP contribution in [0, 0.1) is 0 Å². The number of carbonyl (C=O) groups is 1. The molecule has 1 aromatic carbocycles. The van der Waals surface area contributed by atoms with Crippen LogP contribution in [0.2, 0.25) is 0 Å². The normalized spacial score (nSPS) is 18.9. The molecule has 3 rings (SSSR count). The Morgan fingerprint density at radius 1 is 1.33 bits per heavy atom. The Hall–Kier alpha value is -1.56. The van der Waals surface area contributed by atoms with E-state index in [9.17, 15) is 13.2 Å². The molecule has 1 aliphatic carbocycles. The molecule has 1 heterocycles. The summed E-state index contributed by atoms with van der Waals surface area (Å²) in [6.45, 7) is 0.456. The Kier molecular flexibility index (Phi) is 2.38. The first-order valence-corrected chi connectivity index (χ1v) is 7.42. The molecule has 1 aromatic rings. The molecule has 6 heteroatoms. The number of fused-ring (bicyclic) bond motifs is 1. The number of hydrogen-bond acceptors (Lipinski definition) is 3. The predicted octanol–water partition coefficient (Wildman–Crippen LogP) is 1.18. The molecule has 0 saturated heterocycles. The fraction of sp³-hybridized carbons (Fsp3) is 0.417. The van der Waals surface area contributed by atoms with E-state index in [0.717, 1.165) is 18.4 Å². The molecule has 5 nitrogen and oxygen atoms in total. The van der Waals surface area contributed by atoms with Crippen molar-refractivity contribution in [3.8, 4) is 0 Å². The van der Waals surface area contributed by atoms with Crippen molar-refractivity contribution in [1.29, 1.82) is 0 Å². The van der Waals surface area contributed by atoms with E-state index in [1.54, 1.807) is 30.1 Å². The van der Waals surface area contributed by atoms with Gasteiger partial charge in [0.2, 0.25) is 10.0 Å². The van der Waals surface area contributed by atoms with Crippen molar-refractivity contribution >= 4 is 21.6 Å². The summed E-state index contributed by atoms with van der Waals surface area (Å²) in [5.74, 6) is -0.0579. The first kappa shape index (κ1) is 11.5. The second-order valence-electron chi connectivity index (χ2n) is 4.84. The molecule has 0 atom stereocenters. The quantitative estimate of drug-likeness (QED) is 0.893. The molecular formula is C12H14N2O3S. The number of hydrogen-bond donors (Lipinski definition) is 1. The lowest BCUT2D eigenvalue weighted by Gasteiger charge is -2.10. The number of sulfonamides is 1. The zero-order valence-electron chi connectivity index (χ0n) is 10.0. The summed E-state index contributed by atoms with van der Waals surface area (Å²) >= 11 is 0. The molecule has 18 heavy (non-hydrogen) atoms. The summed E-state index contributed by atoms with van der Waals surface area (Å²) in [6, 6.07) is 5.15. The van der Waals surface area contributed by atoms with Crippen molar-refractivity contribution < 1.29 is 13.2 Å². The van der Waals surface area contributed by atoms with Crippen LogP contribution in [0.5, 0.6) is 0 Å². The Balaban J connectivity index is 1.98. The summed E-state index contributed by atoms with van der Waals surface area (Å²) in [7, 11) is -1.57. The third kappa shape index (κ3) is 1.77. The summed E-state index contributed by atoms with van der Waals surface area (Å²) in [5.41, 5.74) is 1.90. The topological polar surface area (TPSA) is 66.5 Å². The van der Waals surface area contributed by atoms with Gasteiger partial charge in [-0.2, -0.15) is 0 Å². The number of amides is 1. The average molecular weight is 266 g/mol. The maximum Gasteiger partial charge on any atom is 0.254 e. The van der Waals surface area contributed by atoms with E-state index in [1.165, 1.54) is 0 Å². The van der Waals surface area contributed by atoms with E-state index < -0.39 is 10.0 Å². The minimum absolute atomic E-state index is 0.0579. The van der Waals surface area contributed by atoms with E-state index in [4.69, 9.17) is 0 Å². The number of rotatable bonds is 3. The standard InChI is InChI=1S/C12H14N2O3S/c1-14-7-10-9(12(14)15)3-2-4-11(10)13-18(16,17)8-5-6-8/h2-4,8,13H,5-7H2,1H3. The van der Waals surface area contributed by atoms with Crippen LogP contribution < -0.4 is 4.72 Å². The van der Waals surface area contributed by atoms with Gasteiger partial charge in [-0.15, -0.1) is 0 Å². The number of benzene rings is 1. The second kappa shape index (κ2) is 3.71. The maximum atomic E-state index is 11.9. The van der Waals surface area contributed by atoms with Crippen LogP contribution >= 0.6 is 0 Å². The van der Waals surface area contributed by atoms with Crippen LogP contribution in [-0.2, 0) is 16.6 Å². The summed E-state index contributed by atoms with van der Waals surface area (Å²) in [6.07, 6.45) is 1.45. The van der Waals surface area contributed by atoms with Gasteiger partial charge in [-0.05, 0) is 25.0 Å². The van der Waals surface area contributed by atoms with E-state index in [1.807, 2.05) is 0 Å². The molecule has 1 N–H and O–H groups in total. The molecule has 1 aliphatic heterocycles. The molecule has 2 aliphatic rings. The van der Waals surface area contributed by atoms with Gasteiger partial charge in [-0.25, -0.2) is 8.42 Å². The third-order valence-corrected chi connectivity index (χ3v) is 5.22. The van der Waals surface area contributed by atoms with Crippen LogP contribution in [0.25, 0.3) is 0 Å². The monoisotopic (exact) mass is 266 g/mol. The minimum Gasteiger partial charge on any atom is -0.337 e. The Bertz CT molecular complexity index is 620. The molecule has 1 amide bonds. The molecule has 0 unspecified atom stereocenters. The Labute approximate surface area is 106 Å². The fourth-order valence-electron chi connectivity index (χ4n) is 2.18. The van der Waals surface area contributed by atoms with Crippen molar-refractivity contribution in [2.75, 3.05) is 11.8 Å². The third-order valence-electron chi connectivity index (χ3n) is 3.36. The Morgan fingerprint density at radius 3 is 2.72 bits per heavy atom. The summed E-state index contributed by atoms with van der Waals surface area (Å²) < 4.78 is 26.4. The lowest BCUT2D eigenvalue weighted by Crippen LogP contribution is -2.18. The smallest absolute Gasteiger partial charge is 0.254 e. The first-order chi connectivity index (χ1) is 8.49. The average Bonchev–Trinajstić information content (AvgIpc) is 3.10. The SMILES string of the molecule is CN1Cc2c(NS(=O)(=O)C3CC3)cccc2C1=O. The van der Waals surface area contributed by atoms with Crippen molar-refractivity contribution in [3.05, 3.63) is 29.3 Å². The molecule has 0 bridgehead atoms. The lowest BCUT2D eigenvalue weighted by atomic mass is 10.1. The lowest BCUT2D eigenvalue weighted by molar-refractivity contribution is 0.0816. The maximum absolute atomic E-state index is 11.9. The zero-order valence-corrected chi connectivity index (χ0v) is 10.8. The van der Waals surface area contributed by atoms with Gasteiger partial charge in [-0.3, -0.25) is 9.52 Å². The van der Waals surface area contributed by atoms with E-state index in [0.29, 0.717) is 17.8 Å². The number of nitrogens with zero attached hydrogens (tertiary/aromatic N) is 1. The van der Waals surface area contributed by atoms with Crippen LogP contribution in [0.15, 0.2) is 18.2 Å².